The van der Waals surface area contributed by atoms with Crippen LogP contribution in [0.4, 0.5) is 5.69 Å². The van der Waals surface area contributed by atoms with Crippen molar-refractivity contribution in [3.63, 3.8) is 0 Å². The van der Waals surface area contributed by atoms with Gasteiger partial charge < -0.3 is 15.4 Å². The number of carbonyl (C=O) groups is 1. The second kappa shape index (κ2) is 8.16. The number of anilines is 1. The van der Waals surface area contributed by atoms with Gasteiger partial charge in [-0.2, -0.15) is 0 Å². The van der Waals surface area contributed by atoms with Crippen LogP contribution in [0.5, 0.6) is 5.75 Å². The summed E-state index contributed by atoms with van der Waals surface area (Å²) in [7, 11) is 1.58. The predicted octanol–water partition coefficient (Wildman–Crippen LogP) is 1.27. The minimum atomic E-state index is -0.0356. The van der Waals surface area contributed by atoms with E-state index in [1.165, 1.54) is 6.42 Å². The van der Waals surface area contributed by atoms with E-state index >= 15 is 0 Å². The van der Waals surface area contributed by atoms with Gasteiger partial charge in [-0.3, -0.25) is 14.6 Å². The van der Waals surface area contributed by atoms with Crippen molar-refractivity contribution in [2.45, 2.75) is 12.5 Å². The monoisotopic (exact) mass is 352 g/mol. The maximum absolute atomic E-state index is 12.3. The van der Waals surface area contributed by atoms with E-state index in [1.807, 2.05) is 0 Å². The summed E-state index contributed by atoms with van der Waals surface area (Å²) < 4.78 is 5.26. The molecule has 0 aromatic heterocycles. The molecular weight excluding hydrogens is 328 g/mol. The van der Waals surface area contributed by atoms with E-state index in [0.717, 1.165) is 39.3 Å². The van der Waals surface area contributed by atoms with Gasteiger partial charge in [-0.05, 0) is 31.2 Å². The third-order valence-corrected chi connectivity index (χ3v) is 5.00. The van der Waals surface area contributed by atoms with E-state index in [2.05, 4.69) is 20.4 Å². The fourth-order valence-corrected chi connectivity index (χ4v) is 3.58. The van der Waals surface area contributed by atoms with Gasteiger partial charge >= 0.3 is 0 Å². The standard InChI is InChI=1S/C17H25ClN4O2/c1-24-16-3-2-13(18)10-15(16)20-17(23)12-21-6-8-22(9-7-21)14-4-5-19-11-14/h2-3,10,14,19H,4-9,11-12H2,1H3,(H,20,23). The molecule has 0 spiro atoms. The average Bonchev–Trinajstić information content (AvgIpc) is 3.10. The quantitative estimate of drug-likeness (QED) is 0.835. The first kappa shape index (κ1) is 17.5. The van der Waals surface area contributed by atoms with Gasteiger partial charge in [-0.15, -0.1) is 0 Å². The summed E-state index contributed by atoms with van der Waals surface area (Å²) in [4.78, 5) is 17.1. The van der Waals surface area contributed by atoms with Crippen LogP contribution in [0.15, 0.2) is 18.2 Å². The van der Waals surface area contributed by atoms with Crippen LogP contribution in [-0.2, 0) is 4.79 Å². The van der Waals surface area contributed by atoms with Gasteiger partial charge in [0.05, 0.1) is 19.3 Å². The van der Waals surface area contributed by atoms with Crippen molar-refractivity contribution in [3.05, 3.63) is 23.2 Å². The van der Waals surface area contributed by atoms with Gasteiger partial charge in [0.2, 0.25) is 5.91 Å². The number of hydrogen-bond acceptors (Lipinski definition) is 5. The van der Waals surface area contributed by atoms with Crippen LogP contribution in [-0.4, -0.2) is 74.7 Å². The third kappa shape index (κ3) is 4.39. The Morgan fingerprint density at radius 2 is 2.17 bits per heavy atom. The maximum atomic E-state index is 12.3. The molecule has 1 amide bonds. The number of rotatable bonds is 5. The molecule has 2 aliphatic heterocycles. The number of nitrogens with one attached hydrogen (secondary N) is 2. The Hall–Kier alpha value is -1.34. The highest BCUT2D eigenvalue weighted by Crippen LogP contribution is 2.27. The van der Waals surface area contributed by atoms with Crippen LogP contribution in [0.1, 0.15) is 6.42 Å². The molecular formula is C17H25ClN4O2. The number of piperazine rings is 1. The Morgan fingerprint density at radius 1 is 1.38 bits per heavy atom. The van der Waals surface area contributed by atoms with Crippen LogP contribution < -0.4 is 15.4 Å². The molecule has 24 heavy (non-hydrogen) atoms. The molecule has 1 aromatic carbocycles. The fraction of sp³-hybridized carbons (Fsp3) is 0.588. The Morgan fingerprint density at radius 3 is 2.83 bits per heavy atom. The molecule has 0 aliphatic carbocycles. The SMILES string of the molecule is COc1ccc(Cl)cc1NC(=O)CN1CCN(C2CCNC2)CC1. The molecule has 2 fully saturated rings. The van der Waals surface area contributed by atoms with Gasteiger partial charge in [0.15, 0.2) is 0 Å². The summed E-state index contributed by atoms with van der Waals surface area (Å²) >= 11 is 6.00. The van der Waals surface area contributed by atoms with Crippen molar-refractivity contribution in [2.24, 2.45) is 0 Å². The highest BCUT2D eigenvalue weighted by Gasteiger charge is 2.26. The summed E-state index contributed by atoms with van der Waals surface area (Å²) in [5, 5.41) is 6.89. The lowest BCUT2D eigenvalue weighted by atomic mass is 10.2. The molecule has 0 bridgehead atoms. The van der Waals surface area contributed by atoms with Crippen molar-refractivity contribution >= 4 is 23.2 Å². The molecule has 3 rings (SSSR count). The number of benzene rings is 1. The average molecular weight is 353 g/mol. The molecule has 2 aliphatic rings. The Labute approximate surface area is 148 Å². The molecule has 1 aromatic rings. The highest BCUT2D eigenvalue weighted by atomic mass is 35.5. The molecule has 7 heteroatoms. The molecule has 2 heterocycles. The summed E-state index contributed by atoms with van der Waals surface area (Å²) in [5.74, 6) is 0.581. The molecule has 1 unspecified atom stereocenters. The first-order chi connectivity index (χ1) is 11.7. The van der Waals surface area contributed by atoms with Crippen molar-refractivity contribution in [3.8, 4) is 5.75 Å². The van der Waals surface area contributed by atoms with Crippen molar-refractivity contribution in [1.29, 1.82) is 0 Å². The van der Waals surface area contributed by atoms with Crippen LogP contribution in [0.25, 0.3) is 0 Å². The number of nitrogens with zero attached hydrogens (tertiary/aromatic N) is 2. The van der Waals surface area contributed by atoms with Crippen LogP contribution in [0, 0.1) is 0 Å². The van der Waals surface area contributed by atoms with Crippen LogP contribution in [0.2, 0.25) is 5.02 Å². The fourth-order valence-electron chi connectivity index (χ4n) is 3.41. The second-order valence-corrected chi connectivity index (χ2v) is 6.79. The largest absolute Gasteiger partial charge is 0.495 e. The maximum Gasteiger partial charge on any atom is 0.238 e. The lowest BCUT2D eigenvalue weighted by Crippen LogP contribution is -2.52. The summed E-state index contributed by atoms with van der Waals surface area (Å²) in [6.07, 6.45) is 1.23. The Kier molecular flexibility index (Phi) is 5.94. The first-order valence-electron chi connectivity index (χ1n) is 8.46. The van der Waals surface area contributed by atoms with Gasteiger partial charge in [-0.1, -0.05) is 11.6 Å². The molecule has 0 saturated carbocycles. The van der Waals surface area contributed by atoms with E-state index in [-0.39, 0.29) is 5.91 Å². The Bertz CT molecular complexity index is 570. The lowest BCUT2D eigenvalue weighted by Gasteiger charge is -2.37. The first-order valence-corrected chi connectivity index (χ1v) is 8.84. The van der Waals surface area contributed by atoms with Crippen molar-refractivity contribution < 1.29 is 9.53 Å². The topological polar surface area (TPSA) is 56.8 Å². The van der Waals surface area contributed by atoms with E-state index in [4.69, 9.17) is 16.3 Å². The number of ether oxygens (including phenoxy) is 1. The molecule has 2 N–H and O–H groups in total. The number of halogens is 1. The summed E-state index contributed by atoms with van der Waals surface area (Å²) in [6.45, 7) is 6.52. The van der Waals surface area contributed by atoms with Gasteiger partial charge in [0.1, 0.15) is 5.75 Å². The van der Waals surface area contributed by atoms with Crippen LogP contribution >= 0.6 is 11.6 Å². The molecule has 132 valence electrons. The summed E-state index contributed by atoms with van der Waals surface area (Å²) in [5.41, 5.74) is 0.616. The highest BCUT2D eigenvalue weighted by molar-refractivity contribution is 6.31. The minimum Gasteiger partial charge on any atom is -0.495 e. The number of methoxy groups -OCH3 is 1. The zero-order valence-electron chi connectivity index (χ0n) is 14.1. The van der Waals surface area contributed by atoms with E-state index in [0.29, 0.717) is 29.0 Å². The smallest absolute Gasteiger partial charge is 0.238 e. The Balaban J connectivity index is 1.48. The minimum absolute atomic E-state index is 0.0356. The molecule has 0 radical (unpaired) electrons. The van der Waals surface area contributed by atoms with E-state index in [1.54, 1.807) is 25.3 Å². The van der Waals surface area contributed by atoms with Crippen molar-refractivity contribution in [2.75, 3.05) is 58.2 Å². The number of amides is 1. The van der Waals surface area contributed by atoms with Gasteiger partial charge in [0.25, 0.3) is 0 Å². The molecule has 2 saturated heterocycles. The summed E-state index contributed by atoms with van der Waals surface area (Å²) in [6, 6.07) is 5.87. The van der Waals surface area contributed by atoms with Gasteiger partial charge in [0, 0.05) is 43.8 Å². The zero-order valence-corrected chi connectivity index (χ0v) is 14.8. The van der Waals surface area contributed by atoms with Crippen molar-refractivity contribution in [1.82, 2.24) is 15.1 Å². The lowest BCUT2D eigenvalue weighted by molar-refractivity contribution is -0.117. The second-order valence-electron chi connectivity index (χ2n) is 6.35. The molecule has 1 atom stereocenters. The van der Waals surface area contributed by atoms with E-state index < -0.39 is 0 Å². The number of hydrogen-bond donors (Lipinski definition) is 2. The van der Waals surface area contributed by atoms with E-state index in [9.17, 15) is 4.79 Å². The third-order valence-electron chi connectivity index (χ3n) is 4.76. The molecule has 6 nitrogen and oxygen atoms in total. The van der Waals surface area contributed by atoms with Crippen LogP contribution in [0.3, 0.4) is 0 Å². The normalized spacial score (nSPS) is 22.5. The predicted molar refractivity (Wildman–Crippen MR) is 95.9 cm³/mol. The zero-order chi connectivity index (χ0) is 16.9. The van der Waals surface area contributed by atoms with Gasteiger partial charge in [-0.25, -0.2) is 0 Å². The number of carbonyl (C=O) groups excluding carboxylic acids is 1.